The fraction of sp³-hybridized carbons (Fsp3) is 0. The SMILES string of the molecule is O=Cc1onc(-c2ccc(O)cc2)c1Br. The number of phenolic OH excluding ortho intramolecular Hbond substituents is 1. The fourth-order valence-electron chi connectivity index (χ4n) is 1.16. The van der Waals surface area contributed by atoms with Gasteiger partial charge in [0.25, 0.3) is 0 Å². The van der Waals surface area contributed by atoms with Crippen molar-refractivity contribution in [2.75, 3.05) is 0 Å². The van der Waals surface area contributed by atoms with Gasteiger partial charge in [-0.1, -0.05) is 5.16 Å². The molecular formula is C10H6BrNO3. The zero-order chi connectivity index (χ0) is 10.8. The van der Waals surface area contributed by atoms with E-state index in [1.807, 2.05) is 0 Å². The van der Waals surface area contributed by atoms with E-state index in [1.54, 1.807) is 12.1 Å². The summed E-state index contributed by atoms with van der Waals surface area (Å²) in [5.41, 5.74) is 1.30. The molecule has 2 rings (SSSR count). The van der Waals surface area contributed by atoms with Crippen molar-refractivity contribution in [1.29, 1.82) is 0 Å². The molecule has 1 N–H and O–H groups in total. The second kappa shape index (κ2) is 3.86. The number of carbonyl (C=O) groups excluding carboxylic acids is 1. The predicted molar refractivity (Wildman–Crippen MR) is 56.7 cm³/mol. The van der Waals surface area contributed by atoms with Gasteiger partial charge in [0.1, 0.15) is 11.4 Å². The van der Waals surface area contributed by atoms with E-state index in [4.69, 9.17) is 9.63 Å². The molecule has 0 radical (unpaired) electrons. The molecule has 5 heteroatoms. The van der Waals surface area contributed by atoms with E-state index >= 15 is 0 Å². The molecule has 0 bridgehead atoms. The van der Waals surface area contributed by atoms with Gasteiger partial charge in [0.15, 0.2) is 6.29 Å². The van der Waals surface area contributed by atoms with Crippen LogP contribution < -0.4 is 0 Å². The van der Waals surface area contributed by atoms with Gasteiger partial charge in [-0.15, -0.1) is 0 Å². The summed E-state index contributed by atoms with van der Waals surface area (Å²) in [4.78, 5) is 10.5. The molecule has 0 saturated carbocycles. The number of rotatable bonds is 2. The Morgan fingerprint density at radius 2 is 2.00 bits per heavy atom. The molecule has 0 aliphatic carbocycles. The van der Waals surface area contributed by atoms with Crippen LogP contribution >= 0.6 is 15.9 Å². The predicted octanol–water partition coefficient (Wildman–Crippen LogP) is 2.62. The van der Waals surface area contributed by atoms with Gasteiger partial charge in [-0.05, 0) is 40.2 Å². The van der Waals surface area contributed by atoms with Gasteiger partial charge in [0.2, 0.25) is 5.76 Å². The Balaban J connectivity index is 2.49. The lowest BCUT2D eigenvalue weighted by Gasteiger charge is -1.96. The van der Waals surface area contributed by atoms with Crippen LogP contribution in [-0.4, -0.2) is 16.5 Å². The highest BCUT2D eigenvalue weighted by Gasteiger charge is 2.14. The number of carbonyl (C=O) groups is 1. The van der Waals surface area contributed by atoms with Crippen molar-refractivity contribution in [3.8, 4) is 17.0 Å². The smallest absolute Gasteiger partial charge is 0.214 e. The number of benzene rings is 1. The third-order valence-corrected chi connectivity index (χ3v) is 2.67. The summed E-state index contributed by atoms with van der Waals surface area (Å²) < 4.78 is 5.32. The number of nitrogens with zero attached hydrogens (tertiary/aromatic N) is 1. The lowest BCUT2D eigenvalue weighted by Crippen LogP contribution is -1.78. The van der Waals surface area contributed by atoms with Crippen LogP contribution in [0.25, 0.3) is 11.3 Å². The summed E-state index contributed by atoms with van der Waals surface area (Å²) in [7, 11) is 0. The quantitative estimate of drug-likeness (QED) is 0.850. The Kier molecular flexibility index (Phi) is 2.55. The molecule has 0 fully saturated rings. The van der Waals surface area contributed by atoms with Crippen molar-refractivity contribution in [3.63, 3.8) is 0 Å². The molecule has 0 atom stereocenters. The number of phenols is 1. The minimum absolute atomic E-state index is 0.151. The first-order chi connectivity index (χ1) is 7.22. The minimum atomic E-state index is 0.151. The zero-order valence-corrected chi connectivity index (χ0v) is 9.06. The monoisotopic (exact) mass is 267 g/mol. The number of aldehydes is 1. The largest absolute Gasteiger partial charge is 0.508 e. The number of aromatic hydroxyl groups is 1. The molecule has 1 heterocycles. The Hall–Kier alpha value is -1.62. The minimum Gasteiger partial charge on any atom is -0.508 e. The van der Waals surface area contributed by atoms with Crippen molar-refractivity contribution in [1.82, 2.24) is 5.16 Å². The number of hydrogen-bond acceptors (Lipinski definition) is 4. The van der Waals surface area contributed by atoms with Gasteiger partial charge < -0.3 is 9.63 Å². The lowest BCUT2D eigenvalue weighted by atomic mass is 10.1. The third-order valence-electron chi connectivity index (χ3n) is 1.91. The first-order valence-electron chi connectivity index (χ1n) is 4.12. The molecule has 4 nitrogen and oxygen atoms in total. The topological polar surface area (TPSA) is 63.3 Å². The van der Waals surface area contributed by atoms with Crippen LogP contribution in [0.3, 0.4) is 0 Å². The number of hydrogen-bond donors (Lipinski definition) is 1. The van der Waals surface area contributed by atoms with Crippen LogP contribution in [0.2, 0.25) is 0 Å². The van der Waals surface area contributed by atoms with E-state index < -0.39 is 0 Å². The number of aromatic nitrogens is 1. The number of halogens is 1. The molecule has 76 valence electrons. The van der Waals surface area contributed by atoms with E-state index in [0.29, 0.717) is 16.5 Å². The summed E-state index contributed by atoms with van der Waals surface area (Å²) in [5.74, 6) is 0.326. The Morgan fingerprint density at radius 3 is 2.53 bits per heavy atom. The molecule has 0 saturated heterocycles. The molecule has 0 aliphatic rings. The van der Waals surface area contributed by atoms with Crippen LogP contribution in [0.4, 0.5) is 0 Å². The van der Waals surface area contributed by atoms with Gasteiger partial charge in [-0.3, -0.25) is 4.79 Å². The van der Waals surface area contributed by atoms with E-state index in [0.717, 1.165) is 5.56 Å². The van der Waals surface area contributed by atoms with Crippen LogP contribution in [-0.2, 0) is 0 Å². The highest BCUT2D eigenvalue weighted by Crippen LogP contribution is 2.30. The normalized spacial score (nSPS) is 10.2. The molecule has 1 aromatic carbocycles. The summed E-state index contributed by atoms with van der Waals surface area (Å²) in [6, 6.07) is 6.45. The molecule has 0 unspecified atom stereocenters. The summed E-state index contributed by atoms with van der Waals surface area (Å²) in [6.07, 6.45) is 0.584. The highest BCUT2D eigenvalue weighted by molar-refractivity contribution is 9.10. The molecule has 2 aromatic rings. The summed E-state index contributed by atoms with van der Waals surface area (Å²) in [5, 5.41) is 12.9. The average molecular weight is 268 g/mol. The molecule has 15 heavy (non-hydrogen) atoms. The van der Waals surface area contributed by atoms with E-state index in [9.17, 15) is 4.79 Å². The molecule has 0 aliphatic heterocycles. The van der Waals surface area contributed by atoms with Gasteiger partial charge in [-0.2, -0.15) is 0 Å². The van der Waals surface area contributed by atoms with Crippen molar-refractivity contribution >= 4 is 22.2 Å². The maximum Gasteiger partial charge on any atom is 0.214 e. The van der Waals surface area contributed by atoms with Crippen LogP contribution in [0.5, 0.6) is 5.75 Å². The van der Waals surface area contributed by atoms with Crippen LogP contribution in [0.1, 0.15) is 10.6 Å². The highest BCUT2D eigenvalue weighted by atomic mass is 79.9. The third kappa shape index (κ3) is 1.78. The van der Waals surface area contributed by atoms with Gasteiger partial charge in [0.05, 0.1) is 4.47 Å². The Morgan fingerprint density at radius 1 is 1.33 bits per heavy atom. The van der Waals surface area contributed by atoms with E-state index in [1.165, 1.54) is 12.1 Å². The first kappa shape index (κ1) is 9.92. The van der Waals surface area contributed by atoms with E-state index in [2.05, 4.69) is 21.1 Å². The second-order valence-electron chi connectivity index (χ2n) is 2.87. The zero-order valence-electron chi connectivity index (χ0n) is 7.48. The van der Waals surface area contributed by atoms with Crippen molar-refractivity contribution < 1.29 is 14.4 Å². The Labute approximate surface area is 93.6 Å². The van der Waals surface area contributed by atoms with Crippen LogP contribution in [0.15, 0.2) is 33.3 Å². The van der Waals surface area contributed by atoms with Crippen molar-refractivity contribution in [2.45, 2.75) is 0 Å². The van der Waals surface area contributed by atoms with Crippen LogP contribution in [0, 0.1) is 0 Å². The maximum atomic E-state index is 10.5. The molecule has 0 amide bonds. The maximum absolute atomic E-state index is 10.5. The average Bonchev–Trinajstić information content (AvgIpc) is 2.61. The lowest BCUT2D eigenvalue weighted by molar-refractivity contribution is 0.109. The van der Waals surface area contributed by atoms with Gasteiger partial charge >= 0.3 is 0 Å². The molecule has 1 aromatic heterocycles. The van der Waals surface area contributed by atoms with Crippen molar-refractivity contribution in [2.24, 2.45) is 0 Å². The van der Waals surface area contributed by atoms with Gasteiger partial charge in [-0.25, -0.2) is 0 Å². The van der Waals surface area contributed by atoms with Crippen molar-refractivity contribution in [3.05, 3.63) is 34.5 Å². The van der Waals surface area contributed by atoms with Gasteiger partial charge in [0, 0.05) is 5.56 Å². The fourth-order valence-corrected chi connectivity index (χ4v) is 1.63. The summed E-state index contributed by atoms with van der Waals surface area (Å²) in [6.45, 7) is 0. The second-order valence-corrected chi connectivity index (χ2v) is 3.67. The first-order valence-corrected chi connectivity index (χ1v) is 4.91. The van der Waals surface area contributed by atoms with E-state index in [-0.39, 0.29) is 11.5 Å². The molecular weight excluding hydrogens is 262 g/mol. The summed E-state index contributed by atoms with van der Waals surface area (Å²) >= 11 is 3.22. The standard InChI is InChI=1S/C10H6BrNO3/c11-9-8(5-13)15-12-10(9)6-1-3-7(14)4-2-6/h1-5,14H. The molecule has 0 spiro atoms. The Bertz CT molecular complexity index is 490.